The van der Waals surface area contributed by atoms with Crippen LogP contribution in [0.15, 0.2) is 188 Å². The lowest BCUT2D eigenvalue weighted by Gasteiger charge is -2.42. The summed E-state index contributed by atoms with van der Waals surface area (Å²) in [6.07, 6.45) is 0. The zero-order chi connectivity index (χ0) is 45.7. The van der Waals surface area contributed by atoms with Crippen molar-refractivity contribution in [1.82, 2.24) is 4.48 Å². The van der Waals surface area contributed by atoms with Gasteiger partial charge in [0.2, 0.25) is 0 Å². The van der Waals surface area contributed by atoms with Crippen LogP contribution in [0, 0.1) is 0 Å². The van der Waals surface area contributed by atoms with Gasteiger partial charge in [-0.2, -0.15) is 0 Å². The SMILES string of the molecule is CC(C)(C)c1ccc(N2c3ccc(C(C)(C)C)cc3B3c4c(cc(C(C)(C)C)cc42)-c2ccc(N(c4ccccc4)c4ccccc4)c4c(-c5ccccc5)c(-c5ccccc5)n3c24)cc1. The van der Waals surface area contributed by atoms with E-state index in [-0.39, 0.29) is 23.1 Å². The summed E-state index contributed by atoms with van der Waals surface area (Å²) in [6, 6.07) is 70.7. The van der Waals surface area contributed by atoms with E-state index in [1.165, 1.54) is 89.1 Å². The van der Waals surface area contributed by atoms with Gasteiger partial charge in [0.1, 0.15) is 0 Å². The molecule has 3 nitrogen and oxygen atoms in total. The molecule has 66 heavy (non-hydrogen) atoms. The highest BCUT2D eigenvalue weighted by Crippen LogP contribution is 2.54. The van der Waals surface area contributed by atoms with Gasteiger partial charge in [0.05, 0.1) is 5.69 Å². The molecule has 0 amide bonds. The molecule has 0 spiro atoms. The molecule has 4 heteroatoms. The second kappa shape index (κ2) is 15.3. The Balaban J connectivity index is 1.35. The molecule has 0 radical (unpaired) electrons. The molecule has 0 unspecified atom stereocenters. The third-order valence-electron chi connectivity index (χ3n) is 14.0. The van der Waals surface area contributed by atoms with E-state index in [9.17, 15) is 0 Å². The van der Waals surface area contributed by atoms with Crippen LogP contribution in [0.5, 0.6) is 0 Å². The first-order chi connectivity index (χ1) is 31.7. The average molecular weight is 856 g/mol. The van der Waals surface area contributed by atoms with E-state index in [1.807, 2.05) is 0 Å². The lowest BCUT2D eigenvalue weighted by molar-refractivity contribution is 0.590. The zero-order valence-corrected chi connectivity index (χ0v) is 39.8. The zero-order valence-electron chi connectivity index (χ0n) is 39.8. The number of fused-ring (bicyclic) bond motifs is 4. The lowest BCUT2D eigenvalue weighted by atomic mass is 9.44. The number of hydrogen-bond acceptors (Lipinski definition) is 2. The molecule has 8 aromatic carbocycles. The van der Waals surface area contributed by atoms with Gasteiger partial charge in [-0.05, 0) is 115 Å². The number of anilines is 6. The second-order valence-electron chi connectivity index (χ2n) is 21.5. The fourth-order valence-corrected chi connectivity index (χ4v) is 10.6. The van der Waals surface area contributed by atoms with Gasteiger partial charge in [-0.1, -0.05) is 196 Å². The molecule has 0 N–H and O–H groups in total. The molecule has 1 aromatic heterocycles. The average Bonchev–Trinajstić information content (AvgIpc) is 3.67. The van der Waals surface area contributed by atoms with Gasteiger partial charge in [0, 0.05) is 56.2 Å². The summed E-state index contributed by atoms with van der Waals surface area (Å²) >= 11 is 0. The highest BCUT2D eigenvalue weighted by Gasteiger charge is 2.46. The summed E-state index contributed by atoms with van der Waals surface area (Å²) in [4.78, 5) is 5.04. The van der Waals surface area contributed by atoms with Crippen molar-refractivity contribution >= 4 is 62.8 Å². The number of benzene rings is 8. The normalized spacial score (nSPS) is 13.2. The Labute approximate surface area is 392 Å². The third kappa shape index (κ3) is 6.72. The molecular weight excluding hydrogens is 798 g/mol. The number of para-hydroxylation sites is 2. The Morgan fingerprint density at radius 2 is 0.970 bits per heavy atom. The second-order valence-corrected chi connectivity index (χ2v) is 21.5. The van der Waals surface area contributed by atoms with E-state index in [1.54, 1.807) is 0 Å². The fourth-order valence-electron chi connectivity index (χ4n) is 10.6. The summed E-state index contributed by atoms with van der Waals surface area (Å²) in [5, 5.41) is 1.24. The van der Waals surface area contributed by atoms with E-state index in [4.69, 9.17) is 0 Å². The van der Waals surface area contributed by atoms with Crippen molar-refractivity contribution in [3.63, 3.8) is 0 Å². The molecule has 11 rings (SSSR count). The lowest BCUT2D eigenvalue weighted by Crippen LogP contribution is -2.57. The molecule has 0 aliphatic carbocycles. The number of aromatic nitrogens is 1. The van der Waals surface area contributed by atoms with Crippen molar-refractivity contribution in [2.45, 2.75) is 78.6 Å². The van der Waals surface area contributed by atoms with Gasteiger partial charge in [-0.25, -0.2) is 0 Å². The van der Waals surface area contributed by atoms with Crippen molar-refractivity contribution < 1.29 is 0 Å². The van der Waals surface area contributed by atoms with Crippen molar-refractivity contribution in [3.8, 4) is 33.5 Å². The van der Waals surface area contributed by atoms with Gasteiger partial charge >= 0.3 is 6.85 Å². The molecular formula is C62H58BN3. The molecule has 0 fully saturated rings. The Hall–Kier alpha value is -7.04. The van der Waals surface area contributed by atoms with Gasteiger partial charge in [-0.3, -0.25) is 0 Å². The molecule has 0 bridgehead atoms. The first-order valence-corrected chi connectivity index (χ1v) is 23.6. The topological polar surface area (TPSA) is 11.4 Å². The predicted octanol–water partition coefficient (Wildman–Crippen LogP) is 15.8. The monoisotopic (exact) mass is 855 g/mol. The highest BCUT2D eigenvalue weighted by atomic mass is 15.2. The van der Waals surface area contributed by atoms with Gasteiger partial charge in [0.15, 0.2) is 0 Å². The molecule has 0 atom stereocenters. The molecule has 0 saturated heterocycles. The Morgan fingerprint density at radius 3 is 1.53 bits per heavy atom. The number of nitrogens with zero attached hydrogens (tertiary/aromatic N) is 3. The van der Waals surface area contributed by atoms with Crippen LogP contribution < -0.4 is 20.7 Å². The molecule has 3 heterocycles. The van der Waals surface area contributed by atoms with Crippen LogP contribution in [-0.4, -0.2) is 11.3 Å². The van der Waals surface area contributed by atoms with E-state index in [0.717, 1.165) is 17.1 Å². The van der Waals surface area contributed by atoms with Crippen molar-refractivity contribution in [1.29, 1.82) is 0 Å². The van der Waals surface area contributed by atoms with Crippen molar-refractivity contribution in [2.24, 2.45) is 0 Å². The fraction of sp³-hybridized carbons (Fsp3) is 0.194. The van der Waals surface area contributed by atoms with E-state index in [2.05, 4.69) is 265 Å². The Bertz CT molecular complexity index is 3240. The molecule has 2 aliphatic rings. The minimum absolute atomic E-state index is 0.0413. The van der Waals surface area contributed by atoms with Crippen LogP contribution in [0.25, 0.3) is 44.4 Å². The molecule has 0 saturated carbocycles. The van der Waals surface area contributed by atoms with Crippen LogP contribution in [-0.2, 0) is 16.2 Å². The first-order valence-electron chi connectivity index (χ1n) is 23.6. The standard InChI is InChI=1S/C62H58BN3/c1-60(2,3)43-30-33-48(34-31-43)65-52-36-32-44(61(4,5)6)39-51(52)63-57-50(38-45(40-54(57)65)62(7,8)9)49-35-37-53(64(46-26-18-12-19-27-46)47-28-20-13-21-29-47)56-55(41-22-14-10-15-23-41)58(66(63)59(49)56)42-24-16-11-17-25-42/h10-40H,1-9H3. The van der Waals surface area contributed by atoms with Gasteiger partial charge in [-0.15, -0.1) is 0 Å². The quantitative estimate of drug-likeness (QED) is 0.154. The summed E-state index contributed by atoms with van der Waals surface area (Å²) in [5.41, 5.74) is 22.2. The van der Waals surface area contributed by atoms with Gasteiger partial charge < -0.3 is 14.3 Å². The Kier molecular flexibility index (Phi) is 9.64. The van der Waals surface area contributed by atoms with Crippen LogP contribution >= 0.6 is 0 Å². The maximum absolute atomic E-state index is 2.76. The summed E-state index contributed by atoms with van der Waals surface area (Å²) in [6.45, 7) is 20.9. The summed E-state index contributed by atoms with van der Waals surface area (Å²) in [7, 11) is 0. The van der Waals surface area contributed by atoms with Gasteiger partial charge in [0.25, 0.3) is 0 Å². The summed E-state index contributed by atoms with van der Waals surface area (Å²) < 4.78 is 2.76. The Morgan fingerprint density at radius 1 is 0.439 bits per heavy atom. The minimum Gasteiger partial charge on any atom is -0.375 e. The predicted molar refractivity (Wildman–Crippen MR) is 284 cm³/mol. The smallest absolute Gasteiger partial charge is 0.333 e. The molecule has 9 aromatic rings. The van der Waals surface area contributed by atoms with Crippen LogP contribution in [0.4, 0.5) is 34.1 Å². The largest absolute Gasteiger partial charge is 0.375 e. The third-order valence-corrected chi connectivity index (χ3v) is 14.0. The van der Waals surface area contributed by atoms with Crippen LogP contribution in [0.3, 0.4) is 0 Å². The maximum Gasteiger partial charge on any atom is 0.333 e. The maximum atomic E-state index is 2.76. The van der Waals surface area contributed by atoms with E-state index in [0.29, 0.717) is 0 Å². The molecule has 324 valence electrons. The minimum atomic E-state index is -0.133. The van der Waals surface area contributed by atoms with E-state index < -0.39 is 0 Å². The van der Waals surface area contributed by atoms with Crippen molar-refractivity contribution in [2.75, 3.05) is 9.80 Å². The van der Waals surface area contributed by atoms with Crippen LogP contribution in [0.2, 0.25) is 0 Å². The number of hydrogen-bond donors (Lipinski definition) is 0. The highest BCUT2D eigenvalue weighted by molar-refractivity contribution is 6.90. The molecule has 2 aliphatic heterocycles. The first kappa shape index (κ1) is 41.7. The number of rotatable bonds is 6. The van der Waals surface area contributed by atoms with Crippen LogP contribution in [0.1, 0.15) is 79.0 Å². The van der Waals surface area contributed by atoms with E-state index >= 15 is 0 Å². The summed E-state index contributed by atoms with van der Waals surface area (Å²) in [5.74, 6) is 0. The van der Waals surface area contributed by atoms with Crippen molar-refractivity contribution in [3.05, 3.63) is 205 Å².